The van der Waals surface area contributed by atoms with Crippen molar-refractivity contribution in [3.05, 3.63) is 0 Å². The Hall–Kier alpha value is -0.610. The van der Waals surface area contributed by atoms with Gasteiger partial charge in [-0.05, 0) is 24.7 Å². The number of nitrogens with two attached hydrogens (primary N) is 1. The van der Waals surface area contributed by atoms with Crippen LogP contribution in [0.2, 0.25) is 0 Å². The molecule has 4 heteroatoms. The Balaban J connectivity index is 1.95. The van der Waals surface area contributed by atoms with Crippen LogP contribution in [-0.2, 0) is 9.53 Å². The zero-order valence-electron chi connectivity index (χ0n) is 11.7. The third-order valence-corrected chi connectivity index (χ3v) is 5.09. The quantitative estimate of drug-likeness (QED) is 0.831. The number of likely N-dealkylation sites (tertiary alicyclic amines) is 1. The summed E-state index contributed by atoms with van der Waals surface area (Å²) in [6.07, 6.45) is 5.31. The van der Waals surface area contributed by atoms with E-state index in [1.807, 2.05) is 4.90 Å². The van der Waals surface area contributed by atoms with Gasteiger partial charge in [0.15, 0.2) is 0 Å². The molecule has 1 atom stereocenters. The molecule has 0 aromatic carbocycles. The molecule has 2 aliphatic rings. The van der Waals surface area contributed by atoms with Crippen LogP contribution in [0.15, 0.2) is 0 Å². The average Bonchev–Trinajstić information content (AvgIpc) is 2.86. The van der Waals surface area contributed by atoms with Crippen molar-refractivity contribution in [3.8, 4) is 0 Å². The molecule has 2 rings (SSSR count). The highest BCUT2D eigenvalue weighted by Gasteiger charge is 2.43. The molecule has 2 aliphatic heterocycles. The number of hydrogen-bond acceptors (Lipinski definition) is 3. The molecule has 0 aliphatic carbocycles. The van der Waals surface area contributed by atoms with Crippen LogP contribution in [-0.4, -0.2) is 42.6 Å². The van der Waals surface area contributed by atoms with E-state index in [0.717, 1.165) is 25.9 Å². The summed E-state index contributed by atoms with van der Waals surface area (Å²) in [6, 6.07) is 0. The van der Waals surface area contributed by atoms with Crippen molar-refractivity contribution in [1.29, 1.82) is 0 Å². The second-order valence-electron chi connectivity index (χ2n) is 5.96. The number of hydrogen-bond donors (Lipinski definition) is 1. The van der Waals surface area contributed by atoms with Crippen molar-refractivity contribution >= 4 is 5.91 Å². The molecule has 0 radical (unpaired) electrons. The number of rotatable bonds is 3. The monoisotopic (exact) mass is 254 g/mol. The van der Waals surface area contributed by atoms with Crippen LogP contribution in [0.1, 0.15) is 46.0 Å². The Morgan fingerprint density at radius 2 is 1.83 bits per heavy atom. The lowest BCUT2D eigenvalue weighted by Crippen LogP contribution is -2.58. The number of carbonyl (C=O) groups is 1. The van der Waals surface area contributed by atoms with Gasteiger partial charge in [-0.3, -0.25) is 4.79 Å². The van der Waals surface area contributed by atoms with Gasteiger partial charge in [0, 0.05) is 19.7 Å². The molecule has 2 N–H and O–H groups in total. The lowest BCUT2D eigenvalue weighted by atomic mass is 9.74. The maximum Gasteiger partial charge on any atom is 0.245 e. The minimum Gasteiger partial charge on any atom is -0.379 e. The molecule has 1 unspecified atom stereocenters. The highest BCUT2D eigenvalue weighted by atomic mass is 16.5. The zero-order valence-corrected chi connectivity index (χ0v) is 11.7. The van der Waals surface area contributed by atoms with Gasteiger partial charge < -0.3 is 15.4 Å². The molecule has 2 saturated heterocycles. The molecule has 2 fully saturated rings. The molecule has 0 bridgehead atoms. The van der Waals surface area contributed by atoms with E-state index in [4.69, 9.17) is 10.5 Å². The topological polar surface area (TPSA) is 55.6 Å². The molecular formula is C14H26N2O2. The van der Waals surface area contributed by atoms with E-state index in [9.17, 15) is 4.79 Å². The van der Waals surface area contributed by atoms with Gasteiger partial charge in [-0.15, -0.1) is 0 Å². The van der Waals surface area contributed by atoms with Crippen molar-refractivity contribution in [3.63, 3.8) is 0 Å². The van der Waals surface area contributed by atoms with E-state index in [1.54, 1.807) is 0 Å². The van der Waals surface area contributed by atoms with Gasteiger partial charge in [-0.1, -0.05) is 26.7 Å². The van der Waals surface area contributed by atoms with Crippen LogP contribution in [0, 0.1) is 5.41 Å². The predicted octanol–water partition coefficient (Wildman–Crippen LogP) is 1.53. The number of amides is 1. The lowest BCUT2D eigenvalue weighted by molar-refractivity contribution is -0.139. The first-order valence-electron chi connectivity index (χ1n) is 7.21. The van der Waals surface area contributed by atoms with Crippen molar-refractivity contribution < 1.29 is 9.53 Å². The summed E-state index contributed by atoms with van der Waals surface area (Å²) in [5.41, 5.74) is 5.85. The molecular weight excluding hydrogens is 228 g/mol. The average molecular weight is 254 g/mol. The summed E-state index contributed by atoms with van der Waals surface area (Å²) in [5.74, 6) is 0.0980. The predicted molar refractivity (Wildman–Crippen MR) is 71.2 cm³/mol. The van der Waals surface area contributed by atoms with Crippen LogP contribution in [0.5, 0.6) is 0 Å². The molecule has 4 nitrogen and oxygen atoms in total. The summed E-state index contributed by atoms with van der Waals surface area (Å²) in [5, 5.41) is 0. The second-order valence-corrected chi connectivity index (χ2v) is 5.96. The largest absolute Gasteiger partial charge is 0.379 e. The summed E-state index contributed by atoms with van der Waals surface area (Å²) in [7, 11) is 0. The van der Waals surface area contributed by atoms with Crippen molar-refractivity contribution in [2.24, 2.45) is 11.1 Å². The van der Waals surface area contributed by atoms with Crippen molar-refractivity contribution in [2.75, 3.05) is 26.3 Å². The highest BCUT2D eigenvalue weighted by molar-refractivity contribution is 5.86. The third kappa shape index (κ3) is 2.41. The summed E-state index contributed by atoms with van der Waals surface area (Å²) in [4.78, 5) is 14.4. The maximum absolute atomic E-state index is 12.4. The van der Waals surface area contributed by atoms with E-state index in [0.29, 0.717) is 25.0 Å². The summed E-state index contributed by atoms with van der Waals surface area (Å²) < 4.78 is 5.28. The van der Waals surface area contributed by atoms with Gasteiger partial charge in [-0.2, -0.15) is 0 Å². The molecule has 0 aromatic rings. The van der Waals surface area contributed by atoms with Crippen LogP contribution >= 0.6 is 0 Å². The number of ether oxygens (including phenoxy) is 1. The fourth-order valence-corrected chi connectivity index (χ4v) is 3.21. The number of nitrogens with zero attached hydrogens (tertiary/aromatic N) is 1. The molecule has 1 amide bonds. The minimum absolute atomic E-state index is 0.0980. The Labute approximate surface area is 110 Å². The molecule has 104 valence electrons. The first-order chi connectivity index (χ1) is 8.55. The highest BCUT2D eigenvalue weighted by Crippen LogP contribution is 2.38. The summed E-state index contributed by atoms with van der Waals surface area (Å²) >= 11 is 0. The number of carbonyl (C=O) groups excluding carboxylic acids is 1. The van der Waals surface area contributed by atoms with Gasteiger partial charge in [0.1, 0.15) is 5.54 Å². The van der Waals surface area contributed by atoms with Crippen LogP contribution in [0.4, 0.5) is 0 Å². The lowest BCUT2D eigenvalue weighted by Gasteiger charge is -2.42. The molecule has 18 heavy (non-hydrogen) atoms. The second kappa shape index (κ2) is 5.17. The SMILES string of the molecule is CCC1(CC)CCN(C(=O)C2(N)CCOC2)CC1. The molecule has 0 spiro atoms. The summed E-state index contributed by atoms with van der Waals surface area (Å²) in [6.45, 7) is 7.24. The normalized spacial score (nSPS) is 31.6. The van der Waals surface area contributed by atoms with E-state index in [2.05, 4.69) is 13.8 Å². The third-order valence-electron chi connectivity index (χ3n) is 5.09. The zero-order chi connectivity index (χ0) is 13.2. The minimum atomic E-state index is -0.752. The van der Waals surface area contributed by atoms with E-state index in [-0.39, 0.29) is 5.91 Å². The fraction of sp³-hybridized carbons (Fsp3) is 0.929. The Morgan fingerprint density at radius 3 is 2.28 bits per heavy atom. The van der Waals surface area contributed by atoms with Crippen LogP contribution in [0.3, 0.4) is 0 Å². The van der Waals surface area contributed by atoms with Gasteiger partial charge in [0.25, 0.3) is 0 Å². The van der Waals surface area contributed by atoms with E-state index >= 15 is 0 Å². The smallest absolute Gasteiger partial charge is 0.245 e. The van der Waals surface area contributed by atoms with Crippen LogP contribution < -0.4 is 5.73 Å². The Kier molecular flexibility index (Phi) is 3.97. The van der Waals surface area contributed by atoms with E-state index < -0.39 is 5.54 Å². The maximum atomic E-state index is 12.4. The molecule has 0 saturated carbocycles. The molecule has 2 heterocycles. The van der Waals surface area contributed by atoms with Crippen LogP contribution in [0.25, 0.3) is 0 Å². The van der Waals surface area contributed by atoms with Crippen molar-refractivity contribution in [1.82, 2.24) is 4.90 Å². The first-order valence-corrected chi connectivity index (χ1v) is 7.21. The Morgan fingerprint density at radius 1 is 1.22 bits per heavy atom. The number of piperidine rings is 1. The first kappa shape index (κ1) is 13.8. The standard InChI is InChI=1S/C14H26N2O2/c1-3-13(4-2)5-8-16(9-6-13)12(17)14(15)7-10-18-11-14/h3-11,15H2,1-2H3. The Bertz CT molecular complexity index is 297. The van der Waals surface area contributed by atoms with Crippen molar-refractivity contribution in [2.45, 2.75) is 51.5 Å². The van der Waals surface area contributed by atoms with Gasteiger partial charge in [0.05, 0.1) is 6.61 Å². The van der Waals surface area contributed by atoms with Gasteiger partial charge >= 0.3 is 0 Å². The fourth-order valence-electron chi connectivity index (χ4n) is 3.21. The van der Waals surface area contributed by atoms with E-state index in [1.165, 1.54) is 12.8 Å². The molecule has 0 aromatic heterocycles. The van der Waals surface area contributed by atoms with Gasteiger partial charge in [0.2, 0.25) is 5.91 Å². The van der Waals surface area contributed by atoms with Gasteiger partial charge in [-0.25, -0.2) is 0 Å².